The van der Waals surface area contributed by atoms with Crippen molar-refractivity contribution in [1.82, 2.24) is 0 Å². The van der Waals surface area contributed by atoms with Crippen molar-refractivity contribution in [2.75, 3.05) is 7.11 Å². The Balaban J connectivity index is 2.84. The summed E-state index contributed by atoms with van der Waals surface area (Å²) in [6.07, 6.45) is 0.285. The molecule has 0 heterocycles. The van der Waals surface area contributed by atoms with E-state index in [0.29, 0.717) is 18.0 Å². The van der Waals surface area contributed by atoms with Crippen molar-refractivity contribution in [1.29, 1.82) is 0 Å². The summed E-state index contributed by atoms with van der Waals surface area (Å²) in [7, 11) is -1.32. The number of aryl methyl sites for hydroxylation is 1. The Bertz CT molecular complexity index is 443. The Morgan fingerprint density at radius 2 is 1.62 bits per heavy atom. The van der Waals surface area contributed by atoms with Crippen LogP contribution in [0.25, 0.3) is 0 Å². The third kappa shape index (κ3) is 5.82. The van der Waals surface area contributed by atoms with Gasteiger partial charge in [-0.25, -0.2) is 8.78 Å². The molecule has 0 aromatic heterocycles. The third-order valence-electron chi connectivity index (χ3n) is 2.86. The molecule has 0 atom stereocenters. The van der Waals surface area contributed by atoms with Crippen LogP contribution in [-0.4, -0.2) is 28.1 Å². The zero-order chi connectivity index (χ0) is 16.0. The highest BCUT2D eigenvalue weighted by Gasteiger charge is 2.41. The average Bonchev–Trinajstić information content (AvgIpc) is 2.36. The molecular formula is C15H24F2O3Si. The van der Waals surface area contributed by atoms with Gasteiger partial charge in [-0.1, -0.05) is 6.07 Å². The zero-order valence-electron chi connectivity index (χ0n) is 13.3. The van der Waals surface area contributed by atoms with Gasteiger partial charge in [-0.15, -0.1) is 0 Å². The molecule has 0 radical (unpaired) electrons. The summed E-state index contributed by atoms with van der Waals surface area (Å²) in [6.45, 7) is 7.62. The quantitative estimate of drug-likeness (QED) is 0.679. The summed E-state index contributed by atoms with van der Waals surface area (Å²) < 4.78 is 43.9. The van der Waals surface area contributed by atoms with Crippen LogP contribution >= 0.6 is 0 Å². The van der Waals surface area contributed by atoms with Crippen molar-refractivity contribution in [2.45, 2.75) is 52.4 Å². The Kier molecular flexibility index (Phi) is 6.93. The van der Waals surface area contributed by atoms with E-state index >= 15 is 0 Å². The second-order valence-electron chi connectivity index (χ2n) is 5.46. The van der Waals surface area contributed by atoms with Gasteiger partial charge in [-0.3, -0.25) is 0 Å². The molecule has 0 saturated heterocycles. The van der Waals surface area contributed by atoms with E-state index in [1.165, 1.54) is 12.1 Å². The van der Waals surface area contributed by atoms with Crippen molar-refractivity contribution in [3.05, 3.63) is 35.4 Å². The fraction of sp³-hybridized carbons (Fsp3) is 0.600. The maximum absolute atomic E-state index is 13.7. The van der Waals surface area contributed by atoms with Gasteiger partial charge in [-0.05, 0) is 45.7 Å². The lowest BCUT2D eigenvalue weighted by Gasteiger charge is -2.31. The summed E-state index contributed by atoms with van der Waals surface area (Å²) in [4.78, 5) is 0. The molecule has 0 amide bonds. The van der Waals surface area contributed by atoms with Crippen molar-refractivity contribution < 1.29 is 22.1 Å². The molecule has 0 aliphatic rings. The molecule has 0 fully saturated rings. The number of benzene rings is 1. The first-order chi connectivity index (χ1) is 9.78. The lowest BCUT2D eigenvalue weighted by molar-refractivity contribution is 0.0329. The molecule has 1 rings (SSSR count). The van der Waals surface area contributed by atoms with Gasteiger partial charge in [-0.2, -0.15) is 0 Å². The van der Waals surface area contributed by atoms with Crippen molar-refractivity contribution >= 4 is 8.80 Å². The summed E-state index contributed by atoms with van der Waals surface area (Å²) in [5, 5.41) is 0. The minimum absolute atomic E-state index is 0.0477. The largest absolute Gasteiger partial charge is 0.501 e. The van der Waals surface area contributed by atoms with E-state index in [4.69, 9.17) is 13.3 Å². The summed E-state index contributed by atoms with van der Waals surface area (Å²) in [6, 6.07) is 4.03. The van der Waals surface area contributed by atoms with Crippen LogP contribution < -0.4 is 0 Å². The minimum Gasteiger partial charge on any atom is -0.377 e. The van der Waals surface area contributed by atoms with Crippen LogP contribution in [0.4, 0.5) is 8.78 Å². The van der Waals surface area contributed by atoms with E-state index in [0.717, 1.165) is 6.07 Å². The summed E-state index contributed by atoms with van der Waals surface area (Å²) >= 11 is 0. The lowest BCUT2D eigenvalue weighted by atomic mass is 10.1. The number of hydrogen-bond acceptors (Lipinski definition) is 3. The van der Waals surface area contributed by atoms with Crippen LogP contribution in [0.5, 0.6) is 0 Å². The van der Waals surface area contributed by atoms with Crippen LogP contribution in [-0.2, 0) is 19.7 Å². The highest BCUT2D eigenvalue weighted by Crippen LogP contribution is 2.23. The Morgan fingerprint density at radius 3 is 2.05 bits per heavy atom. The predicted octanol–water partition coefficient (Wildman–Crippen LogP) is 3.94. The molecule has 0 bridgehead atoms. The van der Waals surface area contributed by atoms with Crippen molar-refractivity contribution in [2.24, 2.45) is 0 Å². The van der Waals surface area contributed by atoms with Gasteiger partial charge < -0.3 is 13.3 Å². The molecule has 3 nitrogen and oxygen atoms in total. The van der Waals surface area contributed by atoms with Gasteiger partial charge in [0.2, 0.25) is 0 Å². The smallest absolute Gasteiger partial charge is 0.377 e. The van der Waals surface area contributed by atoms with Crippen LogP contribution in [0, 0.1) is 11.6 Å². The minimum atomic E-state index is -2.88. The fourth-order valence-corrected chi connectivity index (χ4v) is 4.77. The number of rotatable bonds is 8. The molecule has 0 spiro atoms. The molecular weight excluding hydrogens is 294 g/mol. The normalized spacial score (nSPS) is 12.4. The highest BCUT2D eigenvalue weighted by molar-refractivity contribution is 6.60. The maximum Gasteiger partial charge on any atom is 0.501 e. The predicted molar refractivity (Wildman–Crippen MR) is 80.1 cm³/mol. The Morgan fingerprint density at radius 1 is 1.05 bits per heavy atom. The number of halogens is 2. The fourth-order valence-electron chi connectivity index (χ4n) is 2.07. The molecule has 0 unspecified atom stereocenters. The first-order valence-electron chi connectivity index (χ1n) is 7.12. The average molecular weight is 318 g/mol. The Labute approximate surface area is 126 Å². The van der Waals surface area contributed by atoms with Gasteiger partial charge in [0.1, 0.15) is 11.6 Å². The SMILES string of the molecule is CO[Si](CCc1ccc(F)cc1F)(OC(C)C)OC(C)C. The van der Waals surface area contributed by atoms with Gasteiger partial charge in [0.05, 0.1) is 0 Å². The van der Waals surface area contributed by atoms with Gasteiger partial charge >= 0.3 is 8.80 Å². The van der Waals surface area contributed by atoms with Crippen LogP contribution in [0.3, 0.4) is 0 Å². The standard InChI is InChI=1S/C15H24F2O3Si/c1-11(2)19-21(18-5,20-12(3)4)9-8-13-6-7-14(16)10-15(13)17/h6-7,10-12H,8-9H2,1-5H3. The molecule has 0 aliphatic heterocycles. The van der Waals surface area contributed by atoms with E-state index < -0.39 is 20.4 Å². The van der Waals surface area contributed by atoms with Gasteiger partial charge in [0.25, 0.3) is 0 Å². The maximum atomic E-state index is 13.7. The monoisotopic (exact) mass is 318 g/mol. The first-order valence-corrected chi connectivity index (χ1v) is 9.06. The van der Waals surface area contributed by atoms with Gasteiger partial charge in [0.15, 0.2) is 0 Å². The molecule has 120 valence electrons. The van der Waals surface area contributed by atoms with Crippen LogP contribution in [0.15, 0.2) is 18.2 Å². The summed E-state index contributed by atoms with van der Waals surface area (Å²) in [5.41, 5.74) is 0.435. The Hall–Kier alpha value is -0.823. The summed E-state index contributed by atoms with van der Waals surface area (Å²) in [5.74, 6) is -1.13. The van der Waals surface area contributed by atoms with Crippen LogP contribution in [0.1, 0.15) is 33.3 Å². The molecule has 1 aromatic rings. The van der Waals surface area contributed by atoms with E-state index in [1.807, 2.05) is 27.7 Å². The molecule has 0 saturated carbocycles. The van der Waals surface area contributed by atoms with Gasteiger partial charge in [0, 0.05) is 31.4 Å². The lowest BCUT2D eigenvalue weighted by Crippen LogP contribution is -2.48. The molecule has 21 heavy (non-hydrogen) atoms. The van der Waals surface area contributed by atoms with Crippen molar-refractivity contribution in [3.63, 3.8) is 0 Å². The first kappa shape index (κ1) is 18.2. The molecule has 6 heteroatoms. The number of hydrogen-bond donors (Lipinski definition) is 0. The van der Waals surface area contributed by atoms with E-state index in [2.05, 4.69) is 0 Å². The second-order valence-corrected chi connectivity index (χ2v) is 8.20. The third-order valence-corrected chi connectivity index (χ3v) is 6.00. The molecule has 0 aliphatic carbocycles. The van der Waals surface area contributed by atoms with E-state index in [-0.39, 0.29) is 12.2 Å². The zero-order valence-corrected chi connectivity index (χ0v) is 14.3. The van der Waals surface area contributed by atoms with Crippen LogP contribution in [0.2, 0.25) is 6.04 Å². The second kappa shape index (κ2) is 7.98. The van der Waals surface area contributed by atoms with E-state index in [1.54, 1.807) is 7.11 Å². The molecule has 0 N–H and O–H groups in total. The highest BCUT2D eigenvalue weighted by atomic mass is 28.4. The topological polar surface area (TPSA) is 27.7 Å². The van der Waals surface area contributed by atoms with Crippen molar-refractivity contribution in [3.8, 4) is 0 Å². The van der Waals surface area contributed by atoms with E-state index in [9.17, 15) is 8.78 Å². The molecule has 1 aromatic carbocycles.